The summed E-state index contributed by atoms with van der Waals surface area (Å²) in [4.78, 5) is 20.1. The molecule has 140 valence electrons. The highest BCUT2D eigenvalue weighted by Crippen LogP contribution is 2.34. The van der Waals surface area contributed by atoms with E-state index in [9.17, 15) is 4.79 Å². The fourth-order valence-corrected chi connectivity index (χ4v) is 4.08. The number of thioether (sulfide) groups is 1. The van der Waals surface area contributed by atoms with Crippen molar-refractivity contribution in [1.29, 1.82) is 0 Å². The largest absolute Gasteiger partial charge is 0.450 e. The van der Waals surface area contributed by atoms with Crippen molar-refractivity contribution >= 4 is 44.8 Å². The van der Waals surface area contributed by atoms with Crippen molar-refractivity contribution in [2.24, 2.45) is 4.99 Å². The summed E-state index contributed by atoms with van der Waals surface area (Å²) in [5, 5.41) is 0.703. The van der Waals surface area contributed by atoms with Crippen LogP contribution in [0.25, 0.3) is 6.08 Å². The lowest BCUT2D eigenvalue weighted by Gasteiger charge is -2.15. The first-order valence-corrected chi connectivity index (χ1v) is 10.4. The van der Waals surface area contributed by atoms with E-state index in [1.807, 2.05) is 72.8 Å². The lowest BCUT2D eigenvalue weighted by atomic mass is 10.2. The molecular formula is C22H17BrN2O2S. The third-order valence-electron chi connectivity index (χ3n) is 4.18. The SMILES string of the molecule is O=C1C(=Cc2ccc(Br)o2)SC(=NCc2ccccc2)N1Cc1ccccc1. The molecule has 0 unspecified atom stereocenters. The van der Waals surface area contributed by atoms with Gasteiger partial charge >= 0.3 is 0 Å². The van der Waals surface area contributed by atoms with E-state index in [4.69, 9.17) is 9.41 Å². The van der Waals surface area contributed by atoms with Gasteiger partial charge in [0.2, 0.25) is 0 Å². The first-order valence-electron chi connectivity index (χ1n) is 8.78. The molecule has 0 atom stereocenters. The van der Waals surface area contributed by atoms with Gasteiger partial charge in [-0.3, -0.25) is 14.7 Å². The van der Waals surface area contributed by atoms with Gasteiger partial charge in [-0.05, 0) is 51.0 Å². The van der Waals surface area contributed by atoms with Crippen LogP contribution in [0.5, 0.6) is 0 Å². The quantitative estimate of drug-likeness (QED) is 0.465. The maximum atomic E-state index is 13.0. The highest BCUT2D eigenvalue weighted by molar-refractivity contribution is 9.10. The predicted octanol–water partition coefficient (Wildman–Crippen LogP) is 5.71. The van der Waals surface area contributed by atoms with Crippen LogP contribution in [0.3, 0.4) is 0 Å². The van der Waals surface area contributed by atoms with E-state index >= 15 is 0 Å². The van der Waals surface area contributed by atoms with Crippen molar-refractivity contribution < 1.29 is 9.21 Å². The number of aliphatic imine (C=N–C) groups is 1. The smallest absolute Gasteiger partial charge is 0.267 e. The van der Waals surface area contributed by atoms with Crippen molar-refractivity contribution in [2.45, 2.75) is 13.1 Å². The fraction of sp³-hybridized carbons (Fsp3) is 0.0909. The van der Waals surface area contributed by atoms with Crippen LogP contribution in [-0.2, 0) is 17.9 Å². The van der Waals surface area contributed by atoms with Crippen LogP contribution in [0, 0.1) is 0 Å². The standard InChI is InChI=1S/C22H17BrN2O2S/c23-20-12-11-18(27-20)13-19-21(26)25(15-17-9-5-2-6-10-17)22(28-19)24-14-16-7-3-1-4-8-16/h1-13H,14-15H2. The first-order chi connectivity index (χ1) is 13.7. The number of hydrogen-bond acceptors (Lipinski definition) is 4. The lowest BCUT2D eigenvalue weighted by molar-refractivity contribution is -0.122. The number of furan rings is 1. The van der Waals surface area contributed by atoms with Crippen LogP contribution in [-0.4, -0.2) is 16.0 Å². The Balaban J connectivity index is 1.62. The van der Waals surface area contributed by atoms with Gasteiger partial charge < -0.3 is 4.42 Å². The second-order valence-electron chi connectivity index (χ2n) is 6.21. The maximum absolute atomic E-state index is 13.0. The van der Waals surface area contributed by atoms with Gasteiger partial charge in [-0.25, -0.2) is 0 Å². The van der Waals surface area contributed by atoms with E-state index in [0.29, 0.717) is 33.6 Å². The number of carbonyl (C=O) groups excluding carboxylic acids is 1. The molecule has 6 heteroatoms. The van der Waals surface area contributed by atoms with Gasteiger partial charge in [-0.15, -0.1) is 0 Å². The summed E-state index contributed by atoms with van der Waals surface area (Å²) in [5.41, 5.74) is 2.17. The van der Waals surface area contributed by atoms with E-state index in [1.165, 1.54) is 11.8 Å². The summed E-state index contributed by atoms with van der Waals surface area (Å²) in [6.45, 7) is 1.01. The number of carbonyl (C=O) groups is 1. The molecule has 1 fully saturated rings. The number of hydrogen-bond donors (Lipinski definition) is 0. The summed E-state index contributed by atoms with van der Waals surface area (Å²) in [7, 11) is 0. The number of halogens is 1. The number of nitrogens with zero attached hydrogens (tertiary/aromatic N) is 2. The number of rotatable bonds is 5. The lowest BCUT2D eigenvalue weighted by Crippen LogP contribution is -2.28. The van der Waals surface area contributed by atoms with Crippen LogP contribution < -0.4 is 0 Å². The summed E-state index contributed by atoms with van der Waals surface area (Å²) < 4.78 is 6.16. The number of amides is 1. The zero-order valence-corrected chi connectivity index (χ0v) is 17.3. The van der Waals surface area contributed by atoms with Crippen LogP contribution in [0.2, 0.25) is 0 Å². The van der Waals surface area contributed by atoms with Gasteiger partial charge in [0, 0.05) is 6.08 Å². The average Bonchev–Trinajstić information content (AvgIpc) is 3.26. The Bertz CT molecular complexity index is 1030. The molecule has 0 radical (unpaired) electrons. The van der Waals surface area contributed by atoms with Gasteiger partial charge in [0.1, 0.15) is 5.76 Å². The normalized spacial score (nSPS) is 17.0. The van der Waals surface area contributed by atoms with Crippen LogP contribution >= 0.6 is 27.7 Å². The van der Waals surface area contributed by atoms with Crippen LogP contribution in [0.1, 0.15) is 16.9 Å². The minimum absolute atomic E-state index is 0.0619. The molecule has 4 nitrogen and oxygen atoms in total. The molecule has 1 aliphatic rings. The molecule has 2 heterocycles. The highest BCUT2D eigenvalue weighted by Gasteiger charge is 2.33. The Hall–Kier alpha value is -2.57. The predicted molar refractivity (Wildman–Crippen MR) is 117 cm³/mol. The first kappa shape index (κ1) is 18.8. The van der Waals surface area contributed by atoms with Crippen molar-refractivity contribution in [2.75, 3.05) is 0 Å². The van der Waals surface area contributed by atoms with E-state index in [2.05, 4.69) is 15.9 Å². The van der Waals surface area contributed by atoms with Gasteiger partial charge in [0.25, 0.3) is 5.91 Å². The third-order valence-corrected chi connectivity index (χ3v) is 5.65. The Morgan fingerprint density at radius 2 is 1.64 bits per heavy atom. The second kappa shape index (κ2) is 8.63. The van der Waals surface area contributed by atoms with Crippen LogP contribution in [0.4, 0.5) is 0 Å². The molecular weight excluding hydrogens is 436 g/mol. The van der Waals surface area contributed by atoms with Crippen molar-refractivity contribution in [3.05, 3.63) is 99.3 Å². The molecule has 0 saturated carbocycles. The zero-order valence-electron chi connectivity index (χ0n) is 14.9. The van der Waals surface area contributed by atoms with Crippen molar-refractivity contribution in [1.82, 2.24) is 4.90 Å². The zero-order chi connectivity index (χ0) is 19.3. The highest BCUT2D eigenvalue weighted by atomic mass is 79.9. The van der Waals surface area contributed by atoms with Crippen molar-refractivity contribution in [3.63, 3.8) is 0 Å². The Labute approximate surface area is 176 Å². The molecule has 4 rings (SSSR count). The van der Waals surface area contributed by atoms with E-state index in [1.54, 1.807) is 11.0 Å². The Morgan fingerprint density at radius 3 is 2.29 bits per heavy atom. The number of amidine groups is 1. The molecule has 0 bridgehead atoms. The Kier molecular flexibility index (Phi) is 5.78. The fourth-order valence-electron chi connectivity index (χ4n) is 2.81. The molecule has 0 aliphatic carbocycles. The molecule has 1 amide bonds. The summed E-state index contributed by atoms with van der Waals surface area (Å²) in [6.07, 6.45) is 1.76. The maximum Gasteiger partial charge on any atom is 0.267 e. The molecule has 2 aromatic carbocycles. The summed E-state index contributed by atoms with van der Waals surface area (Å²) in [5.74, 6) is 0.569. The van der Waals surface area contributed by atoms with E-state index < -0.39 is 0 Å². The van der Waals surface area contributed by atoms with E-state index in [-0.39, 0.29) is 5.91 Å². The molecule has 1 aromatic heterocycles. The number of benzene rings is 2. The van der Waals surface area contributed by atoms with Crippen LogP contribution in [0.15, 0.2) is 91.8 Å². The van der Waals surface area contributed by atoms with Gasteiger partial charge in [-0.1, -0.05) is 60.7 Å². The van der Waals surface area contributed by atoms with E-state index in [0.717, 1.165) is 11.1 Å². The van der Waals surface area contributed by atoms with Gasteiger partial charge in [-0.2, -0.15) is 0 Å². The van der Waals surface area contributed by atoms with Crippen molar-refractivity contribution in [3.8, 4) is 0 Å². The third kappa shape index (κ3) is 4.46. The molecule has 1 aliphatic heterocycles. The minimum atomic E-state index is -0.0619. The van der Waals surface area contributed by atoms with Gasteiger partial charge in [0.15, 0.2) is 9.84 Å². The second-order valence-corrected chi connectivity index (χ2v) is 8.00. The monoisotopic (exact) mass is 452 g/mol. The Morgan fingerprint density at radius 1 is 0.964 bits per heavy atom. The summed E-state index contributed by atoms with van der Waals surface area (Å²) in [6, 6.07) is 23.6. The average molecular weight is 453 g/mol. The molecule has 1 saturated heterocycles. The molecule has 0 N–H and O–H groups in total. The summed E-state index contributed by atoms with van der Waals surface area (Å²) >= 11 is 4.68. The molecule has 28 heavy (non-hydrogen) atoms. The topological polar surface area (TPSA) is 45.8 Å². The van der Waals surface area contributed by atoms with Gasteiger partial charge in [0.05, 0.1) is 18.0 Å². The molecule has 3 aromatic rings. The molecule has 0 spiro atoms. The minimum Gasteiger partial charge on any atom is -0.450 e.